The van der Waals surface area contributed by atoms with E-state index in [9.17, 15) is 10.4 Å². The molecule has 1 heterocycles. The number of rotatable bonds is 4. The van der Waals surface area contributed by atoms with E-state index < -0.39 is 5.54 Å². The summed E-state index contributed by atoms with van der Waals surface area (Å²) in [6.45, 7) is 6.00. The Balaban J connectivity index is 1.97. The topological polar surface area (TPSA) is 50.5 Å². The molecule has 2 rings (SSSR count). The zero-order valence-corrected chi connectivity index (χ0v) is 12.3. The summed E-state index contributed by atoms with van der Waals surface area (Å²) in [5.74, 6) is 0.288. The van der Waals surface area contributed by atoms with Gasteiger partial charge in [0.1, 0.15) is 11.3 Å². The predicted octanol–water partition coefficient (Wildman–Crippen LogP) is 1.85. The third kappa shape index (κ3) is 3.50. The van der Waals surface area contributed by atoms with Crippen molar-refractivity contribution in [2.45, 2.75) is 25.3 Å². The van der Waals surface area contributed by atoms with Crippen LogP contribution in [0.3, 0.4) is 0 Å². The molecule has 1 fully saturated rings. The first-order valence-electron chi connectivity index (χ1n) is 7.16. The Hall–Kier alpha value is -1.57. The highest BCUT2D eigenvalue weighted by molar-refractivity contribution is 5.26. The summed E-state index contributed by atoms with van der Waals surface area (Å²) >= 11 is 0. The number of aromatic hydroxyl groups is 1. The van der Waals surface area contributed by atoms with Crippen LogP contribution in [-0.2, 0) is 6.42 Å². The molecule has 0 amide bonds. The molecule has 0 aliphatic carbocycles. The van der Waals surface area contributed by atoms with Gasteiger partial charge in [-0.05, 0) is 44.5 Å². The molecular weight excluding hydrogens is 250 g/mol. The van der Waals surface area contributed by atoms with Crippen LogP contribution < -0.4 is 0 Å². The molecule has 0 radical (unpaired) electrons. The van der Waals surface area contributed by atoms with E-state index in [1.165, 1.54) is 5.56 Å². The minimum Gasteiger partial charge on any atom is -0.508 e. The van der Waals surface area contributed by atoms with Crippen molar-refractivity contribution in [3.8, 4) is 11.8 Å². The van der Waals surface area contributed by atoms with Crippen molar-refractivity contribution in [3.05, 3.63) is 29.8 Å². The van der Waals surface area contributed by atoms with Crippen LogP contribution in [0.5, 0.6) is 5.75 Å². The highest BCUT2D eigenvalue weighted by Crippen LogP contribution is 2.23. The number of hydrogen-bond donors (Lipinski definition) is 1. The van der Waals surface area contributed by atoms with Crippen molar-refractivity contribution in [2.75, 3.05) is 33.2 Å². The van der Waals surface area contributed by atoms with Crippen molar-refractivity contribution in [1.29, 1.82) is 5.26 Å². The summed E-state index contributed by atoms with van der Waals surface area (Å²) in [6.07, 6.45) is 1.68. The minimum atomic E-state index is -0.404. The first kappa shape index (κ1) is 14.8. The lowest BCUT2D eigenvalue weighted by atomic mass is 9.92. The number of piperazine rings is 1. The van der Waals surface area contributed by atoms with Gasteiger partial charge in [0.15, 0.2) is 0 Å². The van der Waals surface area contributed by atoms with Gasteiger partial charge in [0.2, 0.25) is 0 Å². The first-order chi connectivity index (χ1) is 9.53. The summed E-state index contributed by atoms with van der Waals surface area (Å²) < 4.78 is 0. The highest BCUT2D eigenvalue weighted by atomic mass is 16.3. The van der Waals surface area contributed by atoms with Crippen molar-refractivity contribution in [2.24, 2.45) is 0 Å². The van der Waals surface area contributed by atoms with Gasteiger partial charge < -0.3 is 10.0 Å². The van der Waals surface area contributed by atoms with Crippen molar-refractivity contribution < 1.29 is 5.11 Å². The first-order valence-corrected chi connectivity index (χ1v) is 7.16. The van der Waals surface area contributed by atoms with Crippen LogP contribution in [0.4, 0.5) is 0 Å². The van der Waals surface area contributed by atoms with E-state index in [2.05, 4.69) is 22.9 Å². The smallest absolute Gasteiger partial charge is 0.115 e. The molecule has 1 aromatic rings. The molecule has 20 heavy (non-hydrogen) atoms. The van der Waals surface area contributed by atoms with Gasteiger partial charge in [0, 0.05) is 26.2 Å². The van der Waals surface area contributed by atoms with E-state index in [4.69, 9.17) is 0 Å². The quantitative estimate of drug-likeness (QED) is 0.909. The lowest BCUT2D eigenvalue weighted by Crippen LogP contribution is -2.54. The van der Waals surface area contributed by atoms with Crippen LogP contribution in [0.25, 0.3) is 0 Å². The van der Waals surface area contributed by atoms with Crippen LogP contribution in [-0.4, -0.2) is 53.7 Å². The molecule has 4 heteroatoms. The molecule has 0 saturated carbocycles. The molecule has 1 atom stereocenters. The lowest BCUT2D eigenvalue weighted by molar-refractivity contribution is 0.0786. The van der Waals surface area contributed by atoms with Crippen LogP contribution in [0.2, 0.25) is 0 Å². The number of nitriles is 1. The Labute approximate surface area is 121 Å². The minimum absolute atomic E-state index is 0.288. The van der Waals surface area contributed by atoms with Crippen LogP contribution in [0.15, 0.2) is 24.3 Å². The molecule has 4 nitrogen and oxygen atoms in total. The second-order valence-corrected chi connectivity index (χ2v) is 5.84. The largest absolute Gasteiger partial charge is 0.508 e. The standard InChI is InChI=1S/C16H23N3O/c1-16(13-17,19-11-9-18(2)10-12-19)8-7-14-3-5-15(20)6-4-14/h3-6,20H,7-12H2,1-2H3. The Morgan fingerprint density at radius 3 is 2.35 bits per heavy atom. The Morgan fingerprint density at radius 1 is 1.20 bits per heavy atom. The summed E-state index contributed by atoms with van der Waals surface area (Å²) in [4.78, 5) is 4.60. The zero-order valence-electron chi connectivity index (χ0n) is 12.3. The second-order valence-electron chi connectivity index (χ2n) is 5.84. The number of phenols is 1. The maximum atomic E-state index is 9.58. The van der Waals surface area contributed by atoms with Gasteiger partial charge in [-0.1, -0.05) is 12.1 Å². The number of nitrogens with zero attached hydrogens (tertiary/aromatic N) is 3. The van der Waals surface area contributed by atoms with Crippen LogP contribution in [0, 0.1) is 11.3 Å². The SMILES string of the molecule is CN1CCN(C(C)(C#N)CCc2ccc(O)cc2)CC1. The molecule has 1 aromatic carbocycles. The summed E-state index contributed by atoms with van der Waals surface area (Å²) in [5.41, 5.74) is 0.762. The third-order valence-corrected chi connectivity index (χ3v) is 4.28. The number of hydrogen-bond acceptors (Lipinski definition) is 4. The third-order valence-electron chi connectivity index (χ3n) is 4.28. The molecule has 0 bridgehead atoms. The van der Waals surface area contributed by atoms with Gasteiger partial charge in [-0.25, -0.2) is 0 Å². The highest BCUT2D eigenvalue weighted by Gasteiger charge is 2.33. The molecule has 0 spiro atoms. The molecule has 108 valence electrons. The fraction of sp³-hybridized carbons (Fsp3) is 0.562. The normalized spacial score (nSPS) is 20.2. The number of likely N-dealkylation sites (N-methyl/N-ethyl adjacent to an activating group) is 1. The van der Waals surface area contributed by atoms with Gasteiger partial charge >= 0.3 is 0 Å². The van der Waals surface area contributed by atoms with Crippen molar-refractivity contribution in [3.63, 3.8) is 0 Å². The average Bonchev–Trinajstić information content (AvgIpc) is 2.47. The molecular formula is C16H23N3O. The molecule has 1 aliphatic heterocycles. The maximum absolute atomic E-state index is 9.58. The number of aryl methyl sites for hydroxylation is 1. The average molecular weight is 273 g/mol. The van der Waals surface area contributed by atoms with E-state index >= 15 is 0 Å². The van der Waals surface area contributed by atoms with E-state index in [0.29, 0.717) is 0 Å². The molecule has 0 aromatic heterocycles. The lowest BCUT2D eigenvalue weighted by Gasteiger charge is -2.41. The Kier molecular flexibility index (Phi) is 4.64. The van der Waals surface area contributed by atoms with Crippen molar-refractivity contribution >= 4 is 0 Å². The van der Waals surface area contributed by atoms with Crippen molar-refractivity contribution in [1.82, 2.24) is 9.80 Å². The summed E-state index contributed by atoms with van der Waals surface area (Å²) in [7, 11) is 2.12. The van der Waals surface area contributed by atoms with E-state index in [-0.39, 0.29) is 5.75 Å². The maximum Gasteiger partial charge on any atom is 0.115 e. The molecule has 1 unspecified atom stereocenters. The number of benzene rings is 1. The van der Waals surface area contributed by atoms with E-state index in [1.807, 2.05) is 19.1 Å². The van der Waals surface area contributed by atoms with E-state index in [0.717, 1.165) is 39.0 Å². The monoisotopic (exact) mass is 273 g/mol. The van der Waals surface area contributed by atoms with E-state index in [1.54, 1.807) is 12.1 Å². The van der Waals surface area contributed by atoms with Crippen LogP contribution in [0.1, 0.15) is 18.9 Å². The zero-order chi connectivity index (χ0) is 14.6. The Morgan fingerprint density at radius 2 is 1.80 bits per heavy atom. The van der Waals surface area contributed by atoms with Crippen LogP contribution >= 0.6 is 0 Å². The van der Waals surface area contributed by atoms with Gasteiger partial charge in [-0.15, -0.1) is 0 Å². The van der Waals surface area contributed by atoms with Gasteiger partial charge in [0.05, 0.1) is 6.07 Å². The number of phenolic OH excluding ortho intramolecular Hbond substituents is 1. The van der Waals surface area contributed by atoms with Gasteiger partial charge in [-0.3, -0.25) is 4.90 Å². The summed E-state index contributed by atoms with van der Waals surface area (Å²) in [6, 6.07) is 9.76. The molecule has 1 N–H and O–H groups in total. The van der Waals surface area contributed by atoms with Gasteiger partial charge in [-0.2, -0.15) is 5.26 Å². The second kappa shape index (κ2) is 6.25. The summed E-state index contributed by atoms with van der Waals surface area (Å²) in [5, 5.41) is 18.9. The Bertz CT molecular complexity index is 471. The molecule has 1 aliphatic rings. The molecule has 1 saturated heterocycles. The predicted molar refractivity (Wildman–Crippen MR) is 79.5 cm³/mol. The fourth-order valence-electron chi connectivity index (χ4n) is 2.64. The van der Waals surface area contributed by atoms with Gasteiger partial charge in [0.25, 0.3) is 0 Å². The fourth-order valence-corrected chi connectivity index (χ4v) is 2.64.